The summed E-state index contributed by atoms with van der Waals surface area (Å²) < 4.78 is 25.8. The Morgan fingerprint density at radius 1 is 1.42 bits per heavy atom. The van der Waals surface area contributed by atoms with Crippen molar-refractivity contribution in [2.45, 2.75) is 6.04 Å². The average Bonchev–Trinajstić information content (AvgIpc) is 1.96. The normalized spacial score (nSPS) is 14.6. The molecule has 0 rings (SSSR count). The lowest BCUT2D eigenvalue weighted by atomic mass is 10.3. The Hall–Kier alpha value is -0.170. The van der Waals surface area contributed by atoms with Crippen molar-refractivity contribution in [3.63, 3.8) is 0 Å². The van der Waals surface area contributed by atoms with Gasteiger partial charge in [0.25, 0.3) is 10.1 Å². The van der Waals surface area contributed by atoms with Crippen molar-refractivity contribution in [2.75, 3.05) is 33.5 Å². The number of nitrogens with one attached hydrogen (secondary N) is 2. The largest absolute Gasteiger partial charge is 0.318 e. The van der Waals surface area contributed by atoms with E-state index in [0.29, 0.717) is 6.54 Å². The van der Waals surface area contributed by atoms with Crippen LogP contribution in [0.5, 0.6) is 0 Å². The monoisotopic (exact) mass is 196 g/mol. The van der Waals surface area contributed by atoms with Crippen LogP contribution in [0.15, 0.2) is 0 Å². The zero-order chi connectivity index (χ0) is 9.61. The zero-order valence-electron chi connectivity index (χ0n) is 7.62. The third kappa shape index (κ3) is 6.53. The summed E-state index contributed by atoms with van der Waals surface area (Å²) in [5.41, 5.74) is 0. The lowest BCUT2D eigenvalue weighted by Gasteiger charge is -2.14. The molecular formula is C6H16N2O3S. The van der Waals surface area contributed by atoms with E-state index in [9.17, 15) is 8.42 Å². The molecular weight excluding hydrogens is 180 g/mol. The third-order valence-electron chi connectivity index (χ3n) is 1.34. The van der Waals surface area contributed by atoms with E-state index in [-0.39, 0.29) is 12.6 Å². The molecule has 0 saturated carbocycles. The molecule has 0 aromatic carbocycles. The minimum atomic E-state index is -3.32. The molecule has 0 aliphatic rings. The number of likely N-dealkylation sites (N-methyl/N-ethyl adjacent to an activating group) is 2. The molecule has 0 fully saturated rings. The van der Waals surface area contributed by atoms with Crippen LogP contribution in [0.2, 0.25) is 0 Å². The highest BCUT2D eigenvalue weighted by molar-refractivity contribution is 7.85. The molecule has 0 radical (unpaired) electrons. The van der Waals surface area contributed by atoms with Crippen LogP contribution in [0.4, 0.5) is 0 Å². The maximum absolute atomic E-state index is 10.6. The first-order valence-electron chi connectivity index (χ1n) is 3.66. The quantitative estimate of drug-likeness (QED) is 0.521. The minimum Gasteiger partial charge on any atom is -0.318 e. The summed E-state index contributed by atoms with van der Waals surface area (Å²) in [6, 6.07) is 0.0183. The Bertz CT molecular complexity index is 203. The van der Waals surface area contributed by atoms with Crippen molar-refractivity contribution >= 4 is 10.1 Å². The molecule has 5 nitrogen and oxygen atoms in total. The first-order chi connectivity index (χ1) is 5.49. The predicted octanol–water partition coefficient (Wildman–Crippen LogP) is -1.23. The molecule has 0 unspecified atom stereocenters. The van der Waals surface area contributed by atoms with Gasteiger partial charge in [-0.15, -0.1) is 0 Å². The molecule has 0 spiro atoms. The van der Waals surface area contributed by atoms with Crippen LogP contribution in [0.25, 0.3) is 0 Å². The SMILES string of the molecule is CNC[C@@H](COS(C)(=O)=O)NC. The second kappa shape index (κ2) is 5.47. The summed E-state index contributed by atoms with van der Waals surface area (Å²) in [5, 5.41) is 5.84. The molecule has 0 aromatic heterocycles. The highest BCUT2D eigenvalue weighted by Gasteiger charge is 2.08. The molecule has 0 heterocycles. The fourth-order valence-electron chi connectivity index (χ4n) is 0.696. The summed E-state index contributed by atoms with van der Waals surface area (Å²) in [4.78, 5) is 0. The average molecular weight is 196 g/mol. The fourth-order valence-corrected chi connectivity index (χ4v) is 1.11. The molecule has 0 amide bonds. The number of rotatable bonds is 6. The number of hydrogen-bond acceptors (Lipinski definition) is 5. The Balaban J connectivity index is 3.73. The molecule has 6 heteroatoms. The first-order valence-corrected chi connectivity index (χ1v) is 5.47. The van der Waals surface area contributed by atoms with Crippen LogP contribution >= 0.6 is 0 Å². The molecule has 12 heavy (non-hydrogen) atoms. The van der Waals surface area contributed by atoms with Crippen molar-refractivity contribution < 1.29 is 12.6 Å². The van der Waals surface area contributed by atoms with E-state index in [4.69, 9.17) is 0 Å². The van der Waals surface area contributed by atoms with Gasteiger partial charge in [-0.2, -0.15) is 8.42 Å². The molecule has 0 saturated heterocycles. The van der Waals surface area contributed by atoms with Gasteiger partial charge in [-0.3, -0.25) is 4.18 Å². The van der Waals surface area contributed by atoms with Crippen molar-refractivity contribution in [3.8, 4) is 0 Å². The summed E-state index contributed by atoms with van der Waals surface area (Å²) in [5.74, 6) is 0. The maximum Gasteiger partial charge on any atom is 0.264 e. The molecule has 0 aromatic rings. The lowest BCUT2D eigenvalue weighted by molar-refractivity contribution is 0.275. The summed E-state index contributed by atoms with van der Waals surface area (Å²) >= 11 is 0. The molecule has 74 valence electrons. The van der Waals surface area contributed by atoms with Crippen molar-refractivity contribution in [2.24, 2.45) is 0 Å². The van der Waals surface area contributed by atoms with Crippen LogP contribution in [-0.4, -0.2) is 48.0 Å². The van der Waals surface area contributed by atoms with Gasteiger partial charge in [-0.1, -0.05) is 0 Å². The third-order valence-corrected chi connectivity index (χ3v) is 1.91. The first kappa shape index (κ1) is 11.8. The van der Waals surface area contributed by atoms with Crippen LogP contribution in [0.3, 0.4) is 0 Å². The van der Waals surface area contributed by atoms with Gasteiger partial charge in [0.15, 0.2) is 0 Å². The van der Waals surface area contributed by atoms with E-state index in [2.05, 4.69) is 14.8 Å². The van der Waals surface area contributed by atoms with Gasteiger partial charge in [0.05, 0.1) is 12.9 Å². The van der Waals surface area contributed by atoms with Crippen LogP contribution < -0.4 is 10.6 Å². The van der Waals surface area contributed by atoms with Crippen LogP contribution in [0.1, 0.15) is 0 Å². The van der Waals surface area contributed by atoms with Crippen molar-refractivity contribution in [3.05, 3.63) is 0 Å². The van der Waals surface area contributed by atoms with Crippen LogP contribution in [-0.2, 0) is 14.3 Å². The number of hydrogen-bond donors (Lipinski definition) is 2. The Morgan fingerprint density at radius 3 is 2.33 bits per heavy atom. The molecule has 0 aliphatic carbocycles. The Labute approximate surface area is 73.6 Å². The maximum atomic E-state index is 10.6. The Morgan fingerprint density at radius 2 is 2.00 bits per heavy atom. The Kier molecular flexibility index (Phi) is 5.39. The molecule has 1 atom stereocenters. The summed E-state index contributed by atoms with van der Waals surface area (Å²) in [6.45, 7) is 0.836. The van der Waals surface area contributed by atoms with Gasteiger partial charge in [0, 0.05) is 12.6 Å². The van der Waals surface area contributed by atoms with E-state index >= 15 is 0 Å². The van der Waals surface area contributed by atoms with E-state index in [1.54, 1.807) is 14.1 Å². The van der Waals surface area contributed by atoms with Crippen LogP contribution in [0, 0.1) is 0 Å². The topological polar surface area (TPSA) is 67.4 Å². The summed E-state index contributed by atoms with van der Waals surface area (Å²) in [7, 11) is 0.239. The van der Waals surface area contributed by atoms with Crippen molar-refractivity contribution in [1.29, 1.82) is 0 Å². The van der Waals surface area contributed by atoms with Gasteiger partial charge in [0.2, 0.25) is 0 Å². The highest BCUT2D eigenvalue weighted by Crippen LogP contribution is 1.89. The smallest absolute Gasteiger partial charge is 0.264 e. The van der Waals surface area contributed by atoms with Gasteiger partial charge in [-0.25, -0.2) is 0 Å². The second-order valence-electron chi connectivity index (χ2n) is 2.53. The zero-order valence-corrected chi connectivity index (χ0v) is 8.44. The van der Waals surface area contributed by atoms with E-state index in [1.807, 2.05) is 0 Å². The second-order valence-corrected chi connectivity index (χ2v) is 4.18. The van der Waals surface area contributed by atoms with E-state index in [0.717, 1.165) is 6.26 Å². The van der Waals surface area contributed by atoms with Gasteiger partial charge in [0.1, 0.15) is 0 Å². The molecule has 0 bridgehead atoms. The lowest BCUT2D eigenvalue weighted by Crippen LogP contribution is -2.39. The predicted molar refractivity (Wildman–Crippen MR) is 47.6 cm³/mol. The van der Waals surface area contributed by atoms with E-state index < -0.39 is 10.1 Å². The van der Waals surface area contributed by atoms with Gasteiger partial charge < -0.3 is 10.6 Å². The van der Waals surface area contributed by atoms with Crippen molar-refractivity contribution in [1.82, 2.24) is 10.6 Å². The van der Waals surface area contributed by atoms with Gasteiger partial charge in [-0.05, 0) is 14.1 Å². The highest BCUT2D eigenvalue weighted by atomic mass is 32.2. The minimum absolute atomic E-state index is 0.0183. The molecule has 0 aliphatic heterocycles. The van der Waals surface area contributed by atoms with Gasteiger partial charge >= 0.3 is 0 Å². The standard InChI is InChI=1S/C6H16N2O3S/c1-7-4-6(8-2)5-11-12(3,9)10/h6-8H,4-5H2,1-3H3/t6-/m0/s1. The fraction of sp³-hybridized carbons (Fsp3) is 1.00. The summed E-state index contributed by atoms with van der Waals surface area (Å²) in [6.07, 6.45) is 1.04. The van der Waals surface area contributed by atoms with E-state index in [1.165, 1.54) is 0 Å². The molecule has 2 N–H and O–H groups in total.